The van der Waals surface area contributed by atoms with E-state index in [-0.39, 0.29) is 5.56 Å². The number of esters is 1. The highest BCUT2D eigenvalue weighted by atomic mass is 16.6. The van der Waals surface area contributed by atoms with E-state index in [0.717, 1.165) is 9.47 Å². The number of nitrogens with two attached hydrogens (primary N) is 1. The van der Waals surface area contributed by atoms with E-state index < -0.39 is 65.8 Å². The molecule has 1 aromatic rings. The number of rotatable bonds is 8. The third-order valence-corrected chi connectivity index (χ3v) is 4.14. The monoisotopic (exact) mass is 426 g/mol. The molecule has 1 amide bonds. The largest absolute Gasteiger partial charge is 0.480 e. The number of aromatic amines is 1. The topological polar surface area (TPSA) is 165 Å². The Morgan fingerprint density at radius 3 is 2.30 bits per heavy atom. The van der Waals surface area contributed by atoms with Gasteiger partial charge in [-0.25, -0.2) is 9.59 Å². The second kappa shape index (κ2) is 9.70. The number of carbonyl (C=O) groups is 3. The molecule has 4 N–H and O–H groups in total. The van der Waals surface area contributed by atoms with Crippen LogP contribution in [0.15, 0.2) is 15.8 Å². The van der Waals surface area contributed by atoms with Crippen LogP contribution in [0.2, 0.25) is 0 Å². The highest BCUT2D eigenvalue weighted by Gasteiger charge is 2.35. The molecule has 0 aliphatic carbocycles. The molecule has 0 radical (unpaired) electrons. The van der Waals surface area contributed by atoms with Crippen molar-refractivity contribution in [3.8, 4) is 0 Å². The first-order chi connectivity index (χ1) is 13.6. The molecule has 11 heteroatoms. The van der Waals surface area contributed by atoms with Crippen molar-refractivity contribution in [2.45, 2.75) is 65.8 Å². The maximum absolute atomic E-state index is 13.0. The molecule has 11 nitrogen and oxygen atoms in total. The Balaban J connectivity index is 3.23. The van der Waals surface area contributed by atoms with Gasteiger partial charge in [-0.05, 0) is 33.6 Å². The number of hydrogen-bond acceptors (Lipinski definition) is 7. The molecule has 30 heavy (non-hydrogen) atoms. The Bertz CT molecular complexity index is 911. The van der Waals surface area contributed by atoms with Gasteiger partial charge in [0.05, 0.1) is 0 Å². The van der Waals surface area contributed by atoms with Crippen LogP contribution < -0.4 is 17.0 Å². The van der Waals surface area contributed by atoms with Crippen LogP contribution in [0.4, 0.5) is 0 Å². The van der Waals surface area contributed by atoms with Crippen molar-refractivity contribution in [3.05, 3.63) is 32.6 Å². The molecule has 168 valence electrons. The molecule has 0 aliphatic rings. The van der Waals surface area contributed by atoms with Gasteiger partial charge in [-0.3, -0.25) is 23.9 Å². The van der Waals surface area contributed by atoms with E-state index in [1.54, 1.807) is 34.6 Å². The average Bonchev–Trinajstić information content (AvgIpc) is 2.56. The fourth-order valence-corrected chi connectivity index (χ4v) is 2.79. The van der Waals surface area contributed by atoms with Crippen LogP contribution in [0.5, 0.6) is 0 Å². The SMILES string of the molecule is Cc1cn(CC(=O)N(CC(N)C(=O)OC(C)(C)C)C(C(=O)O)C(C)C)c(=O)[nH]c1=O. The number of hydrogen-bond donors (Lipinski definition) is 3. The van der Waals surface area contributed by atoms with Gasteiger partial charge in [-0.1, -0.05) is 13.8 Å². The van der Waals surface area contributed by atoms with Gasteiger partial charge in [-0.2, -0.15) is 0 Å². The van der Waals surface area contributed by atoms with E-state index in [4.69, 9.17) is 10.5 Å². The molecule has 0 saturated heterocycles. The highest BCUT2D eigenvalue weighted by molar-refractivity contribution is 5.85. The number of H-pyrrole nitrogens is 1. The van der Waals surface area contributed by atoms with E-state index in [1.807, 2.05) is 0 Å². The van der Waals surface area contributed by atoms with E-state index in [0.29, 0.717) is 0 Å². The number of nitrogens with zero attached hydrogens (tertiary/aromatic N) is 2. The summed E-state index contributed by atoms with van der Waals surface area (Å²) >= 11 is 0. The van der Waals surface area contributed by atoms with E-state index in [1.165, 1.54) is 13.1 Å². The summed E-state index contributed by atoms with van der Waals surface area (Å²) in [6, 6.07) is -2.58. The summed E-state index contributed by atoms with van der Waals surface area (Å²) in [6.07, 6.45) is 1.20. The summed E-state index contributed by atoms with van der Waals surface area (Å²) in [4.78, 5) is 63.6. The zero-order valence-corrected chi connectivity index (χ0v) is 18.1. The van der Waals surface area contributed by atoms with Crippen LogP contribution in [-0.2, 0) is 25.7 Å². The predicted octanol–water partition coefficient (Wildman–Crippen LogP) is -0.548. The number of amides is 1. The second-order valence-corrected chi connectivity index (χ2v) is 8.41. The molecule has 0 spiro atoms. The number of ether oxygens (including phenoxy) is 1. The van der Waals surface area contributed by atoms with E-state index in [2.05, 4.69) is 4.98 Å². The summed E-state index contributed by atoms with van der Waals surface area (Å²) in [7, 11) is 0. The molecular weight excluding hydrogens is 396 g/mol. The summed E-state index contributed by atoms with van der Waals surface area (Å²) in [5.41, 5.74) is 3.89. The van der Waals surface area contributed by atoms with Gasteiger partial charge in [0, 0.05) is 18.3 Å². The van der Waals surface area contributed by atoms with Crippen molar-refractivity contribution in [1.82, 2.24) is 14.5 Å². The molecule has 1 rings (SSSR count). The number of aliphatic carboxylic acids is 1. The zero-order valence-electron chi connectivity index (χ0n) is 18.1. The van der Waals surface area contributed by atoms with Gasteiger partial charge < -0.3 is 20.5 Å². The quantitative estimate of drug-likeness (QED) is 0.466. The first-order valence-corrected chi connectivity index (χ1v) is 9.45. The number of carboxylic acid groups (broad SMARTS) is 1. The number of nitrogens with one attached hydrogen (secondary N) is 1. The Morgan fingerprint density at radius 2 is 1.83 bits per heavy atom. The van der Waals surface area contributed by atoms with Crippen LogP contribution >= 0.6 is 0 Å². The van der Waals surface area contributed by atoms with Gasteiger partial charge in [0.1, 0.15) is 24.2 Å². The maximum Gasteiger partial charge on any atom is 0.328 e. The van der Waals surface area contributed by atoms with Gasteiger partial charge in [-0.15, -0.1) is 0 Å². The van der Waals surface area contributed by atoms with Crippen molar-refractivity contribution in [2.75, 3.05) is 6.54 Å². The highest BCUT2D eigenvalue weighted by Crippen LogP contribution is 2.15. The van der Waals surface area contributed by atoms with Gasteiger partial charge in [0.2, 0.25) is 5.91 Å². The molecule has 0 saturated carbocycles. The van der Waals surface area contributed by atoms with Crippen LogP contribution in [-0.4, -0.2) is 61.6 Å². The summed E-state index contributed by atoms with van der Waals surface area (Å²) in [6.45, 7) is 8.68. The summed E-state index contributed by atoms with van der Waals surface area (Å²) in [5, 5.41) is 9.64. The average molecular weight is 426 g/mol. The lowest BCUT2D eigenvalue weighted by Gasteiger charge is -2.33. The third kappa shape index (κ3) is 6.83. The van der Waals surface area contributed by atoms with Crippen LogP contribution in [0.25, 0.3) is 0 Å². The Morgan fingerprint density at radius 1 is 1.27 bits per heavy atom. The molecule has 2 unspecified atom stereocenters. The normalized spacial score (nSPS) is 13.6. The third-order valence-electron chi connectivity index (χ3n) is 4.14. The van der Waals surface area contributed by atoms with Gasteiger partial charge >= 0.3 is 17.6 Å². The minimum Gasteiger partial charge on any atom is -0.480 e. The standard InChI is InChI=1S/C19H30N4O7/c1-10(2)14(16(26)27)23(8-12(20)17(28)30-19(4,5)6)13(24)9-22-7-11(3)15(25)21-18(22)29/h7,10,12,14H,8-9,20H2,1-6H3,(H,26,27)(H,21,25,29). The zero-order chi connectivity index (χ0) is 23.4. The lowest BCUT2D eigenvalue weighted by atomic mass is 10.0. The Labute approximate surface area is 173 Å². The van der Waals surface area contributed by atoms with Crippen LogP contribution in [0.3, 0.4) is 0 Å². The molecular formula is C19H30N4O7. The molecule has 0 aliphatic heterocycles. The molecule has 2 atom stereocenters. The van der Waals surface area contributed by atoms with Crippen molar-refractivity contribution in [2.24, 2.45) is 11.7 Å². The molecule has 0 bridgehead atoms. The lowest BCUT2D eigenvalue weighted by Crippen LogP contribution is -2.55. The molecule has 0 fully saturated rings. The minimum absolute atomic E-state index is 0.207. The van der Waals surface area contributed by atoms with E-state index >= 15 is 0 Å². The van der Waals surface area contributed by atoms with Crippen LogP contribution in [0.1, 0.15) is 40.2 Å². The van der Waals surface area contributed by atoms with Gasteiger partial charge in [0.15, 0.2) is 0 Å². The number of carboxylic acids is 1. The summed E-state index contributed by atoms with van der Waals surface area (Å²) < 4.78 is 6.17. The van der Waals surface area contributed by atoms with E-state index in [9.17, 15) is 29.1 Å². The predicted molar refractivity (Wildman–Crippen MR) is 108 cm³/mol. The van der Waals surface area contributed by atoms with Gasteiger partial charge in [0.25, 0.3) is 5.56 Å². The summed E-state index contributed by atoms with van der Waals surface area (Å²) in [5.74, 6) is -3.32. The van der Waals surface area contributed by atoms with Crippen molar-refractivity contribution >= 4 is 17.8 Å². The number of aromatic nitrogens is 2. The first-order valence-electron chi connectivity index (χ1n) is 9.45. The van der Waals surface area contributed by atoms with Crippen LogP contribution in [0, 0.1) is 12.8 Å². The smallest absolute Gasteiger partial charge is 0.328 e. The first kappa shape index (κ1) is 25.1. The lowest BCUT2D eigenvalue weighted by molar-refractivity contribution is -0.160. The number of aryl methyl sites for hydroxylation is 1. The Hall–Kier alpha value is -2.95. The maximum atomic E-state index is 13.0. The number of carbonyl (C=O) groups excluding carboxylic acids is 2. The van der Waals surface area contributed by atoms with Crippen molar-refractivity contribution in [3.63, 3.8) is 0 Å². The molecule has 1 aromatic heterocycles. The molecule has 1 heterocycles. The second-order valence-electron chi connectivity index (χ2n) is 8.41. The Kier molecular flexibility index (Phi) is 8.11. The minimum atomic E-state index is -1.29. The van der Waals surface area contributed by atoms with Crippen molar-refractivity contribution in [1.29, 1.82) is 0 Å². The fourth-order valence-electron chi connectivity index (χ4n) is 2.79. The fraction of sp³-hybridized carbons (Fsp3) is 0.632. The van der Waals surface area contributed by atoms with Crippen molar-refractivity contribution < 1.29 is 24.2 Å². The molecule has 0 aromatic carbocycles.